The highest BCUT2D eigenvalue weighted by Gasteiger charge is 2.20. The summed E-state index contributed by atoms with van der Waals surface area (Å²) in [6, 6.07) is -0.0579. The number of aromatic nitrogens is 5. The summed E-state index contributed by atoms with van der Waals surface area (Å²) in [6.07, 6.45) is 0. The van der Waals surface area contributed by atoms with Crippen molar-refractivity contribution in [1.82, 2.24) is 25.2 Å². The van der Waals surface area contributed by atoms with Gasteiger partial charge in [0.25, 0.3) is 0 Å². The first kappa shape index (κ1) is 13.9. The molecule has 0 radical (unpaired) electrons. The summed E-state index contributed by atoms with van der Waals surface area (Å²) in [5.41, 5.74) is 0.958. The SMILES string of the molecule is Cc1nc(C)c(C(C)n2nnnc2SCC(=O)O)s1. The molecular formula is C10H13N5O2S2. The molecule has 9 heteroatoms. The Kier molecular flexibility index (Phi) is 4.15. The quantitative estimate of drug-likeness (QED) is 0.837. The van der Waals surface area contributed by atoms with E-state index in [0.29, 0.717) is 5.16 Å². The third kappa shape index (κ3) is 3.10. The molecule has 0 aliphatic heterocycles. The van der Waals surface area contributed by atoms with Gasteiger partial charge in [-0.1, -0.05) is 11.8 Å². The van der Waals surface area contributed by atoms with Crippen LogP contribution >= 0.6 is 23.1 Å². The fourth-order valence-electron chi connectivity index (χ4n) is 1.70. The molecule has 0 aromatic carbocycles. The number of carboxylic acid groups (broad SMARTS) is 1. The second-order valence-electron chi connectivity index (χ2n) is 3.95. The van der Waals surface area contributed by atoms with Crippen molar-refractivity contribution in [1.29, 1.82) is 0 Å². The molecule has 0 amide bonds. The van der Waals surface area contributed by atoms with E-state index in [1.54, 1.807) is 16.0 Å². The normalized spacial score (nSPS) is 12.6. The average Bonchev–Trinajstić information content (AvgIpc) is 2.92. The molecule has 0 saturated carbocycles. The molecule has 1 unspecified atom stereocenters. The Balaban J connectivity index is 2.24. The number of thiazole rings is 1. The number of carbonyl (C=O) groups is 1. The lowest BCUT2D eigenvalue weighted by atomic mass is 10.2. The van der Waals surface area contributed by atoms with Crippen LogP contribution in [0, 0.1) is 13.8 Å². The highest BCUT2D eigenvalue weighted by Crippen LogP contribution is 2.29. The van der Waals surface area contributed by atoms with Crippen LogP contribution < -0.4 is 0 Å². The molecule has 0 aliphatic carbocycles. The van der Waals surface area contributed by atoms with Gasteiger partial charge in [-0.2, -0.15) is 0 Å². The molecule has 0 bridgehead atoms. The van der Waals surface area contributed by atoms with Gasteiger partial charge in [0.15, 0.2) is 0 Å². The zero-order valence-electron chi connectivity index (χ0n) is 10.7. The Morgan fingerprint density at radius 2 is 2.26 bits per heavy atom. The van der Waals surface area contributed by atoms with E-state index in [0.717, 1.165) is 27.3 Å². The van der Waals surface area contributed by atoms with E-state index in [1.165, 1.54) is 0 Å². The van der Waals surface area contributed by atoms with Crippen molar-refractivity contribution < 1.29 is 9.90 Å². The second kappa shape index (κ2) is 5.66. The lowest BCUT2D eigenvalue weighted by molar-refractivity contribution is -0.133. The average molecular weight is 299 g/mol. The van der Waals surface area contributed by atoms with E-state index >= 15 is 0 Å². The molecule has 2 aromatic heterocycles. The molecule has 0 spiro atoms. The molecule has 2 aromatic rings. The number of hydrogen-bond acceptors (Lipinski definition) is 7. The Bertz CT molecular complexity index is 595. The number of rotatable bonds is 5. The topological polar surface area (TPSA) is 93.8 Å². The van der Waals surface area contributed by atoms with Crippen LogP contribution in [0.2, 0.25) is 0 Å². The zero-order chi connectivity index (χ0) is 14.0. The van der Waals surface area contributed by atoms with E-state index in [-0.39, 0.29) is 11.8 Å². The van der Waals surface area contributed by atoms with Crippen LogP contribution in [0.25, 0.3) is 0 Å². The minimum Gasteiger partial charge on any atom is -0.481 e. The Hall–Kier alpha value is -1.48. The Labute approximate surface area is 118 Å². The van der Waals surface area contributed by atoms with E-state index in [1.807, 2.05) is 20.8 Å². The van der Waals surface area contributed by atoms with Gasteiger partial charge in [-0.15, -0.1) is 16.4 Å². The number of carboxylic acids is 1. The van der Waals surface area contributed by atoms with E-state index < -0.39 is 5.97 Å². The number of thioether (sulfide) groups is 1. The summed E-state index contributed by atoms with van der Waals surface area (Å²) in [4.78, 5) is 16.1. The summed E-state index contributed by atoms with van der Waals surface area (Å²) in [6.45, 7) is 5.87. The molecule has 0 saturated heterocycles. The molecule has 2 heterocycles. The third-order valence-corrected chi connectivity index (χ3v) is 4.63. The summed E-state index contributed by atoms with van der Waals surface area (Å²) in [7, 11) is 0. The predicted octanol–water partition coefficient (Wildman–Crippen LogP) is 1.53. The number of tetrazole rings is 1. The van der Waals surface area contributed by atoms with Crippen molar-refractivity contribution >= 4 is 29.1 Å². The van der Waals surface area contributed by atoms with Crippen LogP contribution in [0.1, 0.15) is 28.5 Å². The lowest BCUT2D eigenvalue weighted by Crippen LogP contribution is -2.11. The molecule has 1 atom stereocenters. The highest BCUT2D eigenvalue weighted by molar-refractivity contribution is 7.99. The first-order chi connectivity index (χ1) is 8.99. The van der Waals surface area contributed by atoms with Crippen LogP contribution in [0.3, 0.4) is 0 Å². The maximum atomic E-state index is 10.6. The van der Waals surface area contributed by atoms with Gasteiger partial charge in [0.05, 0.1) is 27.4 Å². The maximum Gasteiger partial charge on any atom is 0.313 e. The van der Waals surface area contributed by atoms with Crippen molar-refractivity contribution in [3.63, 3.8) is 0 Å². The fraction of sp³-hybridized carbons (Fsp3) is 0.500. The summed E-state index contributed by atoms with van der Waals surface area (Å²) < 4.78 is 1.63. The van der Waals surface area contributed by atoms with Crippen molar-refractivity contribution in [2.24, 2.45) is 0 Å². The molecule has 1 N–H and O–H groups in total. The molecule has 0 aliphatic rings. The fourth-order valence-corrected chi connectivity index (χ4v) is 3.33. The summed E-state index contributed by atoms with van der Waals surface area (Å²) in [5, 5.41) is 21.6. The van der Waals surface area contributed by atoms with Crippen LogP contribution in [0.4, 0.5) is 0 Å². The smallest absolute Gasteiger partial charge is 0.313 e. The summed E-state index contributed by atoms with van der Waals surface area (Å²) in [5.74, 6) is -0.953. The molecule has 7 nitrogen and oxygen atoms in total. The second-order valence-corrected chi connectivity index (χ2v) is 6.12. The number of hydrogen-bond donors (Lipinski definition) is 1. The van der Waals surface area contributed by atoms with E-state index in [9.17, 15) is 4.79 Å². The van der Waals surface area contributed by atoms with E-state index in [4.69, 9.17) is 5.11 Å². The minimum absolute atomic E-state index is 0.0579. The van der Waals surface area contributed by atoms with Crippen LogP contribution in [-0.2, 0) is 4.79 Å². The van der Waals surface area contributed by atoms with Gasteiger partial charge >= 0.3 is 5.97 Å². The maximum absolute atomic E-state index is 10.6. The van der Waals surface area contributed by atoms with E-state index in [2.05, 4.69) is 20.5 Å². The van der Waals surface area contributed by atoms with Crippen LogP contribution in [0.5, 0.6) is 0 Å². The number of aliphatic carboxylic acids is 1. The van der Waals surface area contributed by atoms with Crippen molar-refractivity contribution in [2.75, 3.05) is 5.75 Å². The van der Waals surface area contributed by atoms with Gasteiger partial charge < -0.3 is 5.11 Å². The van der Waals surface area contributed by atoms with Crippen molar-refractivity contribution in [3.8, 4) is 0 Å². The first-order valence-electron chi connectivity index (χ1n) is 5.55. The van der Waals surface area contributed by atoms with Gasteiger partial charge in [0, 0.05) is 0 Å². The predicted molar refractivity (Wildman–Crippen MR) is 71.6 cm³/mol. The van der Waals surface area contributed by atoms with Crippen molar-refractivity contribution in [2.45, 2.75) is 32.0 Å². The van der Waals surface area contributed by atoms with Gasteiger partial charge in [-0.05, 0) is 31.2 Å². The van der Waals surface area contributed by atoms with Gasteiger partial charge in [-0.3, -0.25) is 4.79 Å². The Morgan fingerprint density at radius 1 is 1.53 bits per heavy atom. The van der Waals surface area contributed by atoms with Gasteiger partial charge in [0.2, 0.25) is 5.16 Å². The van der Waals surface area contributed by atoms with Crippen LogP contribution in [0.15, 0.2) is 5.16 Å². The van der Waals surface area contributed by atoms with Gasteiger partial charge in [-0.25, -0.2) is 9.67 Å². The highest BCUT2D eigenvalue weighted by atomic mass is 32.2. The van der Waals surface area contributed by atoms with Crippen molar-refractivity contribution in [3.05, 3.63) is 15.6 Å². The Morgan fingerprint density at radius 3 is 2.84 bits per heavy atom. The minimum atomic E-state index is -0.892. The number of aryl methyl sites for hydroxylation is 2. The third-order valence-electron chi connectivity index (χ3n) is 2.47. The molecule has 102 valence electrons. The summed E-state index contributed by atoms with van der Waals surface area (Å²) >= 11 is 2.71. The molecular weight excluding hydrogens is 286 g/mol. The molecule has 2 rings (SSSR count). The standard InChI is InChI=1S/C10H13N5O2S2/c1-5-9(19-7(3)11-5)6(2)15-10(12-13-14-15)18-4-8(16)17/h6H,4H2,1-3H3,(H,16,17). The molecule has 0 fully saturated rings. The zero-order valence-corrected chi connectivity index (χ0v) is 12.3. The lowest BCUT2D eigenvalue weighted by Gasteiger charge is -2.11. The largest absolute Gasteiger partial charge is 0.481 e. The van der Waals surface area contributed by atoms with Gasteiger partial charge in [0.1, 0.15) is 0 Å². The van der Waals surface area contributed by atoms with Crippen LogP contribution in [-0.4, -0.2) is 42.0 Å². The monoisotopic (exact) mass is 299 g/mol. The number of nitrogens with zero attached hydrogens (tertiary/aromatic N) is 5. The molecule has 19 heavy (non-hydrogen) atoms. The first-order valence-corrected chi connectivity index (χ1v) is 7.35.